The van der Waals surface area contributed by atoms with Gasteiger partial charge in [-0.15, -0.1) is 0 Å². The van der Waals surface area contributed by atoms with Crippen molar-refractivity contribution in [3.05, 3.63) is 0 Å². The van der Waals surface area contributed by atoms with Crippen LogP contribution in [0.5, 0.6) is 0 Å². The number of hydrogen-bond acceptors (Lipinski definition) is 4. The predicted molar refractivity (Wildman–Crippen MR) is 66.5 cm³/mol. The van der Waals surface area contributed by atoms with Crippen LogP contribution in [0, 0.1) is 5.41 Å². The fourth-order valence-electron chi connectivity index (χ4n) is 1.23. The lowest BCUT2D eigenvalue weighted by atomic mass is 9.94. The van der Waals surface area contributed by atoms with E-state index in [0.717, 1.165) is 13.8 Å². The molecule has 0 bridgehead atoms. The number of rotatable bonds is 8. The molecule has 10 heteroatoms. The minimum Gasteiger partial charge on any atom is -0.465 e. The Bertz CT molecular complexity index is 419. The second-order valence-corrected chi connectivity index (χ2v) is 5.36. The highest BCUT2D eigenvalue weighted by molar-refractivity contribution is 5.99. The van der Waals surface area contributed by atoms with E-state index >= 15 is 0 Å². The van der Waals surface area contributed by atoms with Crippen LogP contribution < -0.4 is 0 Å². The Balaban J connectivity index is 4.71. The summed E-state index contributed by atoms with van der Waals surface area (Å²) in [7, 11) is 0. The summed E-state index contributed by atoms with van der Waals surface area (Å²) < 4.78 is 83.2. The molecular weight excluding hydrogens is 334 g/mol. The topological polar surface area (TPSA) is 52.6 Å². The Kier molecular flexibility index (Phi) is 7.36. The third-order valence-corrected chi connectivity index (χ3v) is 2.81. The van der Waals surface area contributed by atoms with Crippen LogP contribution in [0.25, 0.3) is 0 Å². The zero-order chi connectivity index (χ0) is 18.5. The largest absolute Gasteiger partial charge is 0.465 e. The zero-order valence-electron chi connectivity index (χ0n) is 12.8. The number of hydrogen-bond donors (Lipinski definition) is 0. The van der Waals surface area contributed by atoms with Crippen LogP contribution >= 0.6 is 0 Å². The van der Waals surface area contributed by atoms with E-state index in [1.54, 1.807) is 0 Å². The van der Waals surface area contributed by atoms with E-state index < -0.39 is 42.2 Å². The number of esters is 2. The molecule has 136 valence electrons. The van der Waals surface area contributed by atoms with Gasteiger partial charge in [-0.25, -0.2) is 4.39 Å². The second kappa shape index (κ2) is 7.87. The lowest BCUT2D eigenvalue weighted by Gasteiger charge is -2.25. The van der Waals surface area contributed by atoms with Crippen molar-refractivity contribution in [2.45, 2.75) is 51.9 Å². The quantitative estimate of drug-likeness (QED) is 0.291. The van der Waals surface area contributed by atoms with Gasteiger partial charge in [-0.2, -0.15) is 22.0 Å². The molecule has 0 aliphatic carbocycles. The molecule has 0 saturated heterocycles. The van der Waals surface area contributed by atoms with Crippen molar-refractivity contribution in [3.63, 3.8) is 0 Å². The average molecular weight is 352 g/mol. The highest BCUT2D eigenvalue weighted by atomic mass is 19.4. The molecule has 23 heavy (non-hydrogen) atoms. The maximum absolute atomic E-state index is 13.0. The van der Waals surface area contributed by atoms with Gasteiger partial charge in [0.15, 0.2) is 12.0 Å². The molecule has 1 unspecified atom stereocenters. The van der Waals surface area contributed by atoms with E-state index in [2.05, 4.69) is 4.74 Å². The van der Waals surface area contributed by atoms with Crippen LogP contribution in [0.1, 0.15) is 33.6 Å². The van der Waals surface area contributed by atoms with E-state index in [1.165, 1.54) is 0 Å². The van der Waals surface area contributed by atoms with E-state index in [0.29, 0.717) is 12.8 Å². The van der Waals surface area contributed by atoms with Gasteiger partial charge in [0.05, 0.1) is 6.61 Å². The second-order valence-electron chi connectivity index (χ2n) is 5.36. The van der Waals surface area contributed by atoms with Gasteiger partial charge in [-0.05, 0) is 20.3 Å². The van der Waals surface area contributed by atoms with Gasteiger partial charge in [-0.1, -0.05) is 13.3 Å². The van der Waals surface area contributed by atoms with Crippen molar-refractivity contribution in [2.75, 3.05) is 13.2 Å². The minimum atomic E-state index is -5.80. The van der Waals surface area contributed by atoms with Crippen LogP contribution in [0.3, 0.4) is 0 Å². The molecule has 0 spiro atoms. The summed E-state index contributed by atoms with van der Waals surface area (Å²) in [4.78, 5) is 23.2. The van der Waals surface area contributed by atoms with Gasteiger partial charge in [0.25, 0.3) is 6.17 Å². The first-order chi connectivity index (χ1) is 10.3. The summed E-state index contributed by atoms with van der Waals surface area (Å²) >= 11 is 0. The summed E-state index contributed by atoms with van der Waals surface area (Å²) in [6.45, 7) is 1.65. The van der Waals surface area contributed by atoms with Gasteiger partial charge >= 0.3 is 24.0 Å². The molecule has 0 saturated carbocycles. The molecule has 1 atom stereocenters. The third-order valence-electron chi connectivity index (χ3n) is 2.81. The van der Waals surface area contributed by atoms with E-state index in [-0.39, 0.29) is 6.61 Å². The molecule has 0 N–H and O–H groups in total. The fraction of sp³-hybridized carbons (Fsp3) is 0.846. The van der Waals surface area contributed by atoms with Crippen LogP contribution in [0.15, 0.2) is 0 Å². The minimum absolute atomic E-state index is 0.0111. The van der Waals surface area contributed by atoms with Gasteiger partial charge < -0.3 is 9.47 Å². The molecule has 0 aromatic carbocycles. The Morgan fingerprint density at radius 1 is 1.00 bits per heavy atom. The number of carbonyl (C=O) groups is 2. The van der Waals surface area contributed by atoms with Crippen molar-refractivity contribution in [1.29, 1.82) is 0 Å². The van der Waals surface area contributed by atoms with E-state index in [9.17, 15) is 35.9 Å². The fourth-order valence-corrected chi connectivity index (χ4v) is 1.23. The van der Waals surface area contributed by atoms with Crippen LogP contribution in [-0.4, -0.2) is 43.4 Å². The standard InChI is InChI=1S/C13H18F6O4/c1-4-5-6-22-9(20)11(2,3)10(21)23-7-12(15,16)8(14)13(17,18)19/h8H,4-7H2,1-3H3. The molecule has 0 aliphatic rings. The summed E-state index contributed by atoms with van der Waals surface area (Å²) in [6.07, 6.45) is -9.09. The lowest BCUT2D eigenvalue weighted by Crippen LogP contribution is -2.46. The summed E-state index contributed by atoms with van der Waals surface area (Å²) in [6, 6.07) is 0. The highest BCUT2D eigenvalue weighted by Crippen LogP contribution is 2.35. The SMILES string of the molecule is CCCCOC(=O)C(C)(C)C(=O)OCC(F)(F)C(F)C(F)(F)F. The molecule has 0 rings (SSSR count). The molecule has 0 aromatic rings. The van der Waals surface area contributed by atoms with E-state index in [4.69, 9.17) is 4.74 Å². The van der Waals surface area contributed by atoms with Crippen molar-refractivity contribution >= 4 is 11.9 Å². The highest BCUT2D eigenvalue weighted by Gasteiger charge is 2.58. The lowest BCUT2D eigenvalue weighted by molar-refractivity contribution is -0.255. The molecular formula is C13H18F6O4. The van der Waals surface area contributed by atoms with E-state index in [1.807, 2.05) is 6.92 Å². The Hall–Kier alpha value is -1.48. The first kappa shape index (κ1) is 21.5. The monoisotopic (exact) mass is 352 g/mol. The van der Waals surface area contributed by atoms with Crippen LogP contribution in [0.2, 0.25) is 0 Å². The molecule has 0 aromatic heterocycles. The molecule has 0 heterocycles. The van der Waals surface area contributed by atoms with Crippen LogP contribution in [-0.2, 0) is 19.1 Å². The van der Waals surface area contributed by atoms with Gasteiger partial charge in [0.2, 0.25) is 0 Å². The normalized spacial score (nSPS) is 14.3. The number of carbonyl (C=O) groups excluding carboxylic acids is 2. The molecule has 4 nitrogen and oxygen atoms in total. The molecule has 0 fully saturated rings. The first-order valence-electron chi connectivity index (χ1n) is 6.69. The number of halogens is 6. The van der Waals surface area contributed by atoms with Gasteiger partial charge in [0, 0.05) is 0 Å². The molecule has 0 amide bonds. The maximum Gasteiger partial charge on any atom is 0.425 e. The zero-order valence-corrected chi connectivity index (χ0v) is 12.8. The number of ether oxygens (including phenoxy) is 2. The Morgan fingerprint density at radius 2 is 1.48 bits per heavy atom. The number of alkyl halides is 6. The Labute approximate surface area is 129 Å². The Morgan fingerprint density at radius 3 is 1.91 bits per heavy atom. The van der Waals surface area contributed by atoms with Gasteiger partial charge in [-0.3, -0.25) is 9.59 Å². The summed E-state index contributed by atoms with van der Waals surface area (Å²) in [5.74, 6) is -7.57. The van der Waals surface area contributed by atoms with Crippen molar-refractivity contribution in [3.8, 4) is 0 Å². The first-order valence-corrected chi connectivity index (χ1v) is 6.69. The molecule has 0 aliphatic heterocycles. The number of unbranched alkanes of at least 4 members (excludes halogenated alkanes) is 1. The summed E-state index contributed by atoms with van der Waals surface area (Å²) in [5, 5.41) is 0. The van der Waals surface area contributed by atoms with Crippen LogP contribution in [0.4, 0.5) is 26.3 Å². The average Bonchev–Trinajstić information content (AvgIpc) is 2.42. The smallest absolute Gasteiger partial charge is 0.425 e. The van der Waals surface area contributed by atoms with Crippen molar-refractivity contribution < 1.29 is 45.4 Å². The molecule has 0 radical (unpaired) electrons. The van der Waals surface area contributed by atoms with Gasteiger partial charge in [0.1, 0.15) is 0 Å². The van der Waals surface area contributed by atoms with Crippen molar-refractivity contribution in [1.82, 2.24) is 0 Å². The predicted octanol–water partition coefficient (Wildman–Crippen LogP) is 3.43. The summed E-state index contributed by atoms with van der Waals surface area (Å²) in [5.41, 5.74) is -2.01. The van der Waals surface area contributed by atoms with Crippen molar-refractivity contribution in [2.24, 2.45) is 5.41 Å². The third kappa shape index (κ3) is 6.26. The maximum atomic E-state index is 13.0.